The molecule has 0 amide bonds. The first kappa shape index (κ1) is 64.5. The van der Waals surface area contributed by atoms with E-state index in [9.17, 15) is 130 Å². The molecule has 44 nitrogen and oxygen atoms in total. The van der Waals surface area contributed by atoms with Gasteiger partial charge in [-0.05, 0) is 0 Å². The summed E-state index contributed by atoms with van der Waals surface area (Å²) in [5, 5.41) is 0. The molecule has 10 saturated heterocycles. The summed E-state index contributed by atoms with van der Waals surface area (Å²) in [5.41, 5.74) is -5.99. The quantitative estimate of drug-likeness (QED) is 0.161. The monoisotopic (exact) mass is 1380 g/mol. The lowest BCUT2D eigenvalue weighted by atomic mass is 9.87. The summed E-state index contributed by atoms with van der Waals surface area (Å²) in [7, 11) is -47.1. The summed E-state index contributed by atoms with van der Waals surface area (Å²) < 4.78 is 368. The minimum atomic E-state index is -5.19. The zero-order chi connectivity index (χ0) is 60.3. The third-order valence-corrected chi connectivity index (χ3v) is 17.0. The van der Waals surface area contributed by atoms with Gasteiger partial charge in [-0.3, -0.25) is 0 Å². The maximum Gasteiger partial charge on any atom is 0.455 e. The Kier molecular flexibility index (Phi) is 16.1. The number of halogens is 6. The minimum Gasteiger partial charge on any atom is -0.323 e. The predicted octanol–water partition coefficient (Wildman–Crippen LogP) is -8.21. The van der Waals surface area contributed by atoms with Crippen LogP contribution in [0.3, 0.4) is 0 Å². The van der Waals surface area contributed by atoms with Gasteiger partial charge in [-0.1, -0.05) is 0 Å². The molecule has 60 heteroatoms. The molecule has 0 N–H and O–H groups in total. The fourth-order valence-electron chi connectivity index (χ4n) is 5.17. The molecule has 10 fully saturated rings. The lowest BCUT2D eigenvalue weighted by Gasteiger charge is -2.45. The van der Waals surface area contributed by atoms with Crippen LogP contribution in [0.2, 0.25) is 0 Å². The number of alkyl halides is 6. The molecule has 10 heterocycles. The fourth-order valence-corrected chi connectivity index (χ4v) is 13.5. The molecule has 10 aliphatic heterocycles. The van der Waals surface area contributed by atoms with Gasteiger partial charge in [0.2, 0.25) is 10.8 Å². The van der Waals surface area contributed by atoms with E-state index in [-0.39, 0.29) is 0 Å². The second kappa shape index (κ2) is 19.7. The van der Waals surface area contributed by atoms with Gasteiger partial charge in [0.05, 0.1) is 26.4 Å². The van der Waals surface area contributed by atoms with Gasteiger partial charge in [0.15, 0.2) is 0 Å². The number of carbonyl (C=O) groups is 4. The first-order valence-corrected chi connectivity index (χ1v) is 30.9. The Morgan fingerprint density at radius 1 is 0.329 bits per heavy atom. The summed E-state index contributed by atoms with van der Waals surface area (Å²) in [6.07, 6.45) is -15.9. The van der Waals surface area contributed by atoms with E-state index in [1.165, 1.54) is 0 Å². The van der Waals surface area contributed by atoms with Crippen molar-refractivity contribution in [3.63, 3.8) is 0 Å². The zero-order valence-corrected chi connectivity index (χ0v) is 43.4. The second-order valence-electron chi connectivity index (χ2n) is 14.1. The highest BCUT2D eigenvalue weighted by atomic mass is 32.3. The molecule has 5 spiro atoms. The zero-order valence-electron chi connectivity index (χ0n) is 35.2. The Hall–Kier alpha value is -3.68. The summed E-state index contributed by atoms with van der Waals surface area (Å²) in [4.78, 5) is 44.5. The molecule has 79 heavy (non-hydrogen) atoms. The summed E-state index contributed by atoms with van der Waals surface area (Å²) >= 11 is 0. The van der Waals surface area contributed by atoms with E-state index in [0.717, 1.165) is 0 Å². The second-order valence-corrected chi connectivity index (χ2v) is 26.0. The Bertz CT molecular complexity index is 3530. The van der Waals surface area contributed by atoms with Crippen LogP contribution in [0.15, 0.2) is 0 Å². The molecule has 0 saturated carbocycles. The topological polar surface area (TPSA) is 594 Å². The smallest absolute Gasteiger partial charge is 0.323 e. The maximum atomic E-state index is 13.5. The first-order valence-electron chi connectivity index (χ1n) is 17.5. The molecule has 10 aliphatic rings. The Balaban J connectivity index is 0.000000160. The summed E-state index contributed by atoms with van der Waals surface area (Å²) in [5.74, 6) is -15.1. The Morgan fingerprint density at radius 3 is 0.861 bits per heavy atom. The number of hydrogen-bond donors (Lipinski definition) is 0. The van der Waals surface area contributed by atoms with Gasteiger partial charge in [-0.25, -0.2) is 69.8 Å². The van der Waals surface area contributed by atoms with Gasteiger partial charge in [0.1, 0.15) is 13.2 Å². The van der Waals surface area contributed by atoms with Crippen molar-refractivity contribution in [2.24, 2.45) is 10.8 Å². The van der Waals surface area contributed by atoms with E-state index in [0.29, 0.717) is 0 Å². The molecule has 0 aromatic carbocycles. The van der Waals surface area contributed by atoms with Crippen molar-refractivity contribution in [1.29, 1.82) is 0 Å². The van der Waals surface area contributed by atoms with E-state index >= 15 is 0 Å². The third-order valence-electron chi connectivity index (χ3n) is 8.65. The van der Waals surface area contributed by atoms with Crippen LogP contribution in [0, 0.1) is 10.8 Å². The van der Waals surface area contributed by atoms with Gasteiger partial charge in [0.25, 0.3) is 18.5 Å². The van der Waals surface area contributed by atoms with Crippen LogP contribution in [-0.4, -0.2) is 190 Å². The van der Waals surface area contributed by atoms with Crippen molar-refractivity contribution in [2.45, 2.75) is 42.3 Å². The first-order chi connectivity index (χ1) is 35.2. The minimum absolute atomic E-state index is 0.533. The van der Waals surface area contributed by atoms with Crippen LogP contribution in [0.1, 0.15) is 0 Å². The average Bonchev–Trinajstić information content (AvgIpc) is 3.96. The SMILES string of the molecule is O=C1OS(=O)(=O)OC12OS(=O)(=O)OC2=O.O=C1OS(=O)(=O)OCC12COS(=O)(=O)OC2=O.O=S1(=O)OC(F)C2(O1)OS(=O)(=O)OC2F.O=S1(=O)OCC2(COS(=O)(=O)O2)O1.O=S1(=O)OCC2(COS(=O)(=O)OC2(F)F)C(F)(F)O1. The van der Waals surface area contributed by atoms with E-state index in [1.54, 1.807) is 0 Å². The summed E-state index contributed by atoms with van der Waals surface area (Å²) in [6.45, 7) is -6.52. The maximum absolute atomic E-state index is 13.5. The van der Waals surface area contributed by atoms with Crippen molar-refractivity contribution in [3.8, 4) is 0 Å². The number of carbonyl (C=O) groups excluding carboxylic acids is 4. The van der Waals surface area contributed by atoms with Gasteiger partial charge >= 0.3 is 152 Å². The van der Waals surface area contributed by atoms with Crippen molar-refractivity contribution in [1.82, 2.24) is 0 Å². The van der Waals surface area contributed by atoms with Gasteiger partial charge in [-0.15, -0.1) is 0 Å². The van der Waals surface area contributed by atoms with Gasteiger partial charge < -0.3 is 16.7 Å². The lowest BCUT2D eigenvalue weighted by Crippen LogP contribution is -2.67. The normalized spacial score (nSPS) is 34.8. The van der Waals surface area contributed by atoms with Crippen molar-refractivity contribution >= 4 is 128 Å². The highest BCUT2D eigenvalue weighted by molar-refractivity contribution is 7.85. The van der Waals surface area contributed by atoms with Crippen LogP contribution in [0.5, 0.6) is 0 Å². The van der Waals surface area contributed by atoms with Crippen LogP contribution in [0.4, 0.5) is 26.3 Å². The van der Waals surface area contributed by atoms with E-state index in [1.807, 2.05) is 0 Å². The van der Waals surface area contributed by atoms with Gasteiger partial charge in [0, 0.05) is 0 Å². The molecule has 0 bridgehead atoms. The molecular formula is C19H14F6O44S10. The van der Waals surface area contributed by atoms with Crippen molar-refractivity contribution < 1.29 is 213 Å². The highest BCUT2D eigenvalue weighted by Crippen LogP contribution is 2.56. The van der Waals surface area contributed by atoms with Crippen molar-refractivity contribution in [3.05, 3.63) is 0 Å². The van der Waals surface area contributed by atoms with E-state index < -0.39 is 221 Å². The van der Waals surface area contributed by atoms with E-state index in [4.69, 9.17) is 0 Å². The van der Waals surface area contributed by atoms with Crippen LogP contribution < -0.4 is 0 Å². The molecular weight excluding hydrogens is 1370 g/mol. The van der Waals surface area contributed by atoms with Crippen LogP contribution >= 0.6 is 0 Å². The van der Waals surface area contributed by atoms with Crippen LogP contribution in [0.25, 0.3) is 0 Å². The number of hydrogen-bond acceptors (Lipinski definition) is 44. The highest BCUT2D eigenvalue weighted by Gasteiger charge is 2.79. The molecule has 0 aromatic heterocycles. The molecule has 0 aliphatic carbocycles. The third kappa shape index (κ3) is 13.4. The molecule has 0 aromatic rings. The molecule has 456 valence electrons. The summed E-state index contributed by atoms with van der Waals surface area (Å²) in [6, 6.07) is 0. The Labute approximate surface area is 432 Å². The standard InChI is InChI=1S/C5H4F4O8S2.C5H4O10S2.C3H2F2O8S2.C3O10S2.C3H4O8S2/c6-4(7)3(1-14-18(10,11)16-4)2-15-19(12,13)17-5(3,8)9;6-3-5(1-12-16(8,9)14-3)2-13-17(10,11)15-4(5)7;2*4-1-3(12-14(6,7)10-1)2(5)11-15(8,9)13-3;4-12(5)8-1-3(10-12)2-9-13(6,7)11-3/h1-2H2;1-2H2;1-2H;;1-2H2. The van der Waals surface area contributed by atoms with E-state index in [2.05, 4.69) is 83.7 Å². The lowest BCUT2D eigenvalue weighted by molar-refractivity contribution is -0.404. The molecule has 2 unspecified atom stereocenters. The van der Waals surface area contributed by atoms with Crippen LogP contribution in [-0.2, 0) is 207 Å². The van der Waals surface area contributed by atoms with Crippen molar-refractivity contribution in [2.75, 3.05) is 39.6 Å². The fraction of sp³-hybridized carbons (Fsp3) is 0.789. The Morgan fingerprint density at radius 2 is 0.620 bits per heavy atom. The number of rotatable bonds is 0. The van der Waals surface area contributed by atoms with Gasteiger partial charge in [-0.2, -0.15) is 127 Å². The average molecular weight is 1380 g/mol. The molecule has 0 radical (unpaired) electrons. The largest absolute Gasteiger partial charge is 0.455 e. The molecule has 2 atom stereocenters. The predicted molar refractivity (Wildman–Crippen MR) is 193 cm³/mol. The molecule has 10 rings (SSSR count).